The molecule has 0 saturated heterocycles. The van der Waals surface area contributed by atoms with Gasteiger partial charge in [0.1, 0.15) is 12.4 Å². The fourth-order valence-corrected chi connectivity index (χ4v) is 2.88. The van der Waals surface area contributed by atoms with Gasteiger partial charge in [0.25, 0.3) is 11.7 Å². The van der Waals surface area contributed by atoms with Gasteiger partial charge < -0.3 is 10.1 Å². The molecule has 4 heteroatoms. The van der Waals surface area contributed by atoms with E-state index in [1.54, 1.807) is 12.1 Å². The Morgan fingerprint density at radius 2 is 1.76 bits per heavy atom. The molecule has 0 saturated carbocycles. The van der Waals surface area contributed by atoms with Crippen molar-refractivity contribution in [3.05, 3.63) is 63.7 Å². The smallest absolute Gasteiger partial charge is 0.292 e. The van der Waals surface area contributed by atoms with Crippen LogP contribution in [0.1, 0.15) is 45.1 Å². The van der Waals surface area contributed by atoms with E-state index in [4.69, 9.17) is 4.74 Å². The third-order valence-electron chi connectivity index (χ3n) is 4.47. The number of benzene rings is 2. The van der Waals surface area contributed by atoms with Gasteiger partial charge in [0.05, 0.1) is 0 Å². The van der Waals surface area contributed by atoms with Gasteiger partial charge in [-0.15, -0.1) is 0 Å². The molecule has 1 amide bonds. The van der Waals surface area contributed by atoms with Crippen LogP contribution in [0, 0.1) is 20.8 Å². The van der Waals surface area contributed by atoms with E-state index in [0.29, 0.717) is 5.56 Å². The molecule has 0 spiro atoms. The monoisotopic (exact) mass is 339 g/mol. The second-order valence-electron chi connectivity index (χ2n) is 6.20. The molecule has 2 rings (SSSR count). The Morgan fingerprint density at radius 3 is 2.40 bits per heavy atom. The number of Topliss-reactive ketones (excluding diaryl/α,β-unsaturated/α-hetero) is 1. The molecule has 0 aliphatic carbocycles. The van der Waals surface area contributed by atoms with Gasteiger partial charge in [-0.05, 0) is 55.5 Å². The number of aryl methyl sites for hydroxylation is 4. The molecular formula is C21H25NO3. The number of nitrogens with one attached hydrogen (secondary N) is 1. The van der Waals surface area contributed by atoms with Gasteiger partial charge >= 0.3 is 0 Å². The standard InChI is InChI=1S/C21H25NO3/c1-6-16-10-15(4)19(11-14(16)3)25-12-18-13(2)8-7-9-17(18)20(23)21(24)22-5/h7-11H,6,12H2,1-5H3,(H,22,24). The normalized spacial score (nSPS) is 10.4. The first kappa shape index (κ1) is 18.7. The van der Waals surface area contributed by atoms with Crippen LogP contribution in [0.3, 0.4) is 0 Å². The molecule has 0 aromatic heterocycles. The van der Waals surface area contributed by atoms with E-state index in [-0.39, 0.29) is 6.61 Å². The number of ether oxygens (including phenoxy) is 1. The van der Waals surface area contributed by atoms with Crippen molar-refractivity contribution >= 4 is 11.7 Å². The SMILES string of the molecule is CCc1cc(C)c(OCc2c(C)cccc2C(=O)C(=O)NC)cc1C. The molecule has 132 valence electrons. The van der Waals surface area contributed by atoms with Crippen LogP contribution in [-0.2, 0) is 17.8 Å². The quantitative estimate of drug-likeness (QED) is 0.645. The molecular weight excluding hydrogens is 314 g/mol. The molecule has 25 heavy (non-hydrogen) atoms. The molecule has 0 unspecified atom stereocenters. The molecule has 2 aromatic rings. The van der Waals surface area contributed by atoms with Crippen LogP contribution in [0.2, 0.25) is 0 Å². The van der Waals surface area contributed by atoms with Crippen molar-refractivity contribution in [3.8, 4) is 5.75 Å². The van der Waals surface area contributed by atoms with E-state index >= 15 is 0 Å². The first-order valence-corrected chi connectivity index (χ1v) is 8.46. The lowest BCUT2D eigenvalue weighted by Gasteiger charge is -2.16. The molecule has 0 heterocycles. The van der Waals surface area contributed by atoms with Gasteiger partial charge in [-0.1, -0.05) is 31.2 Å². The number of amides is 1. The van der Waals surface area contributed by atoms with Crippen molar-refractivity contribution in [2.75, 3.05) is 7.05 Å². The van der Waals surface area contributed by atoms with Crippen molar-refractivity contribution in [3.63, 3.8) is 0 Å². The Balaban J connectivity index is 2.31. The fraction of sp³-hybridized carbons (Fsp3) is 0.333. The summed E-state index contributed by atoms with van der Waals surface area (Å²) in [4.78, 5) is 24.0. The lowest BCUT2D eigenvalue weighted by Crippen LogP contribution is -2.28. The summed E-state index contributed by atoms with van der Waals surface area (Å²) in [6.45, 7) is 8.38. The predicted molar refractivity (Wildman–Crippen MR) is 99.2 cm³/mol. The zero-order valence-electron chi connectivity index (χ0n) is 15.5. The Hall–Kier alpha value is -2.62. The Bertz CT molecular complexity index is 809. The number of carbonyl (C=O) groups excluding carboxylic acids is 2. The van der Waals surface area contributed by atoms with Crippen LogP contribution in [0.15, 0.2) is 30.3 Å². The summed E-state index contributed by atoms with van der Waals surface area (Å²) in [6.07, 6.45) is 0.982. The van der Waals surface area contributed by atoms with Crippen LogP contribution in [0.5, 0.6) is 5.75 Å². The summed E-state index contributed by atoms with van der Waals surface area (Å²) in [5.41, 5.74) is 5.61. The molecule has 2 aromatic carbocycles. The maximum Gasteiger partial charge on any atom is 0.292 e. The zero-order chi connectivity index (χ0) is 18.6. The number of ketones is 1. The number of carbonyl (C=O) groups is 2. The summed E-state index contributed by atoms with van der Waals surface area (Å²) in [5.74, 6) is -0.360. The number of rotatable bonds is 6. The van der Waals surface area contributed by atoms with Crippen LogP contribution >= 0.6 is 0 Å². The molecule has 1 N–H and O–H groups in total. The highest BCUT2D eigenvalue weighted by atomic mass is 16.5. The van der Waals surface area contributed by atoms with E-state index in [1.165, 1.54) is 18.2 Å². The predicted octanol–water partition coefficient (Wildman–Crippen LogP) is 3.68. The Morgan fingerprint density at radius 1 is 1.04 bits per heavy atom. The van der Waals surface area contributed by atoms with Crippen molar-refractivity contribution in [2.45, 2.75) is 40.7 Å². The summed E-state index contributed by atoms with van der Waals surface area (Å²) >= 11 is 0. The molecule has 0 aliphatic rings. The van der Waals surface area contributed by atoms with Crippen molar-refractivity contribution in [1.29, 1.82) is 0 Å². The molecule has 0 atom stereocenters. The summed E-state index contributed by atoms with van der Waals surface area (Å²) < 4.78 is 6.00. The lowest BCUT2D eigenvalue weighted by atomic mass is 9.98. The highest BCUT2D eigenvalue weighted by Gasteiger charge is 2.20. The second-order valence-corrected chi connectivity index (χ2v) is 6.20. The van der Waals surface area contributed by atoms with Crippen molar-refractivity contribution in [1.82, 2.24) is 5.32 Å². The van der Waals surface area contributed by atoms with Crippen LogP contribution < -0.4 is 10.1 Å². The van der Waals surface area contributed by atoms with Crippen LogP contribution in [-0.4, -0.2) is 18.7 Å². The van der Waals surface area contributed by atoms with E-state index in [1.807, 2.05) is 26.0 Å². The topological polar surface area (TPSA) is 55.4 Å². The Labute approximate surface area is 149 Å². The van der Waals surface area contributed by atoms with Crippen LogP contribution in [0.4, 0.5) is 0 Å². The minimum Gasteiger partial charge on any atom is -0.489 e. The van der Waals surface area contributed by atoms with Gasteiger partial charge in [0.2, 0.25) is 0 Å². The van der Waals surface area contributed by atoms with Gasteiger partial charge in [-0.2, -0.15) is 0 Å². The van der Waals surface area contributed by atoms with Gasteiger partial charge in [0, 0.05) is 18.2 Å². The molecule has 0 fully saturated rings. The van der Waals surface area contributed by atoms with Crippen molar-refractivity contribution < 1.29 is 14.3 Å². The molecule has 4 nitrogen and oxygen atoms in total. The number of hydrogen-bond acceptors (Lipinski definition) is 3. The lowest BCUT2D eigenvalue weighted by molar-refractivity contribution is -0.116. The van der Waals surface area contributed by atoms with E-state index in [9.17, 15) is 9.59 Å². The number of likely N-dealkylation sites (N-methyl/N-ethyl adjacent to an activating group) is 1. The minimum absolute atomic E-state index is 0.247. The first-order valence-electron chi connectivity index (χ1n) is 8.46. The number of hydrogen-bond donors (Lipinski definition) is 1. The molecule has 0 bridgehead atoms. The second kappa shape index (κ2) is 7.97. The maximum absolute atomic E-state index is 12.3. The highest BCUT2D eigenvalue weighted by molar-refractivity contribution is 6.43. The van der Waals surface area contributed by atoms with E-state index in [2.05, 4.69) is 25.2 Å². The van der Waals surface area contributed by atoms with Crippen LogP contribution in [0.25, 0.3) is 0 Å². The summed E-state index contributed by atoms with van der Waals surface area (Å²) in [6, 6.07) is 9.53. The highest BCUT2D eigenvalue weighted by Crippen LogP contribution is 2.25. The largest absolute Gasteiger partial charge is 0.489 e. The van der Waals surface area contributed by atoms with Gasteiger partial charge in [-0.25, -0.2) is 0 Å². The third kappa shape index (κ3) is 4.08. The van der Waals surface area contributed by atoms with E-state index in [0.717, 1.165) is 28.9 Å². The zero-order valence-corrected chi connectivity index (χ0v) is 15.5. The minimum atomic E-state index is -0.619. The summed E-state index contributed by atoms with van der Waals surface area (Å²) in [7, 11) is 1.45. The van der Waals surface area contributed by atoms with Gasteiger partial charge in [-0.3, -0.25) is 9.59 Å². The summed E-state index contributed by atoms with van der Waals surface area (Å²) in [5, 5.41) is 2.38. The third-order valence-corrected chi connectivity index (χ3v) is 4.47. The van der Waals surface area contributed by atoms with Crippen molar-refractivity contribution in [2.24, 2.45) is 0 Å². The molecule has 0 aliphatic heterocycles. The average molecular weight is 339 g/mol. The fourth-order valence-electron chi connectivity index (χ4n) is 2.88. The molecule has 0 radical (unpaired) electrons. The van der Waals surface area contributed by atoms with Gasteiger partial charge in [0.15, 0.2) is 0 Å². The average Bonchev–Trinajstić information content (AvgIpc) is 2.61. The first-order chi connectivity index (χ1) is 11.9. The van der Waals surface area contributed by atoms with E-state index < -0.39 is 11.7 Å². The Kier molecular flexibility index (Phi) is 5.97. The maximum atomic E-state index is 12.3.